The number of nitrogens with zero attached hydrogens (tertiary/aromatic N) is 2. The number of thiophene rings is 1. The average molecular weight is 452 g/mol. The lowest BCUT2D eigenvalue weighted by atomic mass is 9.97. The van der Waals surface area contributed by atoms with E-state index in [1.165, 1.54) is 18.4 Å². The van der Waals surface area contributed by atoms with Gasteiger partial charge in [-0.15, -0.1) is 11.3 Å². The van der Waals surface area contributed by atoms with Crippen molar-refractivity contribution in [1.29, 1.82) is 0 Å². The fraction of sp³-hybridized carbons (Fsp3) is 0.600. The van der Waals surface area contributed by atoms with Crippen LogP contribution in [0.4, 0.5) is 4.79 Å². The van der Waals surface area contributed by atoms with Crippen molar-refractivity contribution in [3.8, 4) is 0 Å². The molecule has 7 nitrogen and oxygen atoms in total. The highest BCUT2D eigenvalue weighted by atomic mass is 79.9. The fourth-order valence-corrected chi connectivity index (χ4v) is 5.63. The smallest absolute Gasteiger partial charge is 0.414 e. The number of carbonyl (C=O) groups is 1. The molecule has 0 saturated heterocycles. The molecule has 2 atom stereocenters. The third-order valence-corrected chi connectivity index (χ3v) is 8.14. The molecule has 0 aliphatic carbocycles. The Labute approximate surface area is 160 Å². The first-order valence-electron chi connectivity index (χ1n) is 7.59. The lowest BCUT2D eigenvalue weighted by Crippen LogP contribution is -2.57. The topological polar surface area (TPSA) is 88.1 Å². The minimum absolute atomic E-state index is 0.0561. The summed E-state index contributed by atoms with van der Waals surface area (Å²) in [6, 6.07) is 1.84. The highest BCUT2D eigenvalue weighted by molar-refractivity contribution is 9.10. The third kappa shape index (κ3) is 4.01. The van der Waals surface area contributed by atoms with E-state index in [0.717, 1.165) is 13.7 Å². The summed E-state index contributed by atoms with van der Waals surface area (Å²) in [5.41, 5.74) is -1.72. The van der Waals surface area contributed by atoms with Crippen molar-refractivity contribution in [1.82, 2.24) is 9.62 Å². The maximum Gasteiger partial charge on any atom is 0.414 e. The number of hydrogen-bond acceptors (Lipinski definition) is 6. The van der Waals surface area contributed by atoms with Crippen molar-refractivity contribution in [3.05, 3.63) is 20.8 Å². The van der Waals surface area contributed by atoms with Crippen LogP contribution in [0.3, 0.4) is 0 Å². The van der Waals surface area contributed by atoms with E-state index >= 15 is 0 Å². The number of hydrogen-bond donors (Lipinski definition) is 1. The maximum absolute atomic E-state index is 12.8. The van der Waals surface area contributed by atoms with Gasteiger partial charge in [0.15, 0.2) is 0 Å². The maximum atomic E-state index is 12.8. The molecular weight excluding hydrogens is 430 g/mol. The molecule has 25 heavy (non-hydrogen) atoms. The molecule has 140 valence electrons. The van der Waals surface area contributed by atoms with Crippen LogP contribution in [-0.2, 0) is 20.3 Å². The molecule has 0 saturated carbocycles. The Bertz CT molecular complexity index is 813. The van der Waals surface area contributed by atoms with Gasteiger partial charge >= 0.3 is 6.09 Å². The number of sulfonamides is 1. The Morgan fingerprint density at radius 1 is 1.48 bits per heavy atom. The molecule has 1 N–H and O–H groups in total. The number of nitrogens with one attached hydrogen (secondary N) is 1. The Morgan fingerprint density at radius 3 is 2.56 bits per heavy atom. The quantitative estimate of drug-likeness (QED) is 0.709. The first-order valence-corrected chi connectivity index (χ1v) is 10.8. The summed E-state index contributed by atoms with van der Waals surface area (Å²) in [5, 5.41) is 3.54. The highest BCUT2D eigenvalue weighted by Crippen LogP contribution is 2.41. The number of rotatable bonds is 1. The van der Waals surface area contributed by atoms with Gasteiger partial charge < -0.3 is 4.74 Å². The molecule has 0 aromatic carbocycles. The van der Waals surface area contributed by atoms with Gasteiger partial charge in [0.25, 0.3) is 0 Å². The van der Waals surface area contributed by atoms with Crippen LogP contribution < -0.4 is 5.32 Å². The Balaban J connectivity index is 2.47. The molecule has 1 aliphatic rings. The van der Waals surface area contributed by atoms with E-state index in [1.807, 2.05) is 11.4 Å². The molecular formula is C15H22BrN3O4S2. The van der Waals surface area contributed by atoms with Gasteiger partial charge in [-0.1, -0.05) is 0 Å². The van der Waals surface area contributed by atoms with Gasteiger partial charge in [0, 0.05) is 21.8 Å². The van der Waals surface area contributed by atoms with Crippen LogP contribution >= 0.6 is 27.3 Å². The van der Waals surface area contributed by atoms with Crippen LogP contribution in [0.1, 0.15) is 39.5 Å². The largest absolute Gasteiger partial charge is 0.444 e. The van der Waals surface area contributed by atoms with Gasteiger partial charge in [-0.25, -0.2) is 22.5 Å². The number of ether oxygens (including phenoxy) is 1. The van der Waals surface area contributed by atoms with E-state index in [1.54, 1.807) is 34.6 Å². The summed E-state index contributed by atoms with van der Waals surface area (Å²) in [6.45, 7) is 8.55. The summed E-state index contributed by atoms with van der Waals surface area (Å²) in [7, 11) is -2.33. The fourth-order valence-electron chi connectivity index (χ4n) is 2.36. The van der Waals surface area contributed by atoms with Gasteiger partial charge in [-0.05, 0) is 56.6 Å². The zero-order chi connectivity index (χ0) is 19.2. The van der Waals surface area contributed by atoms with E-state index in [-0.39, 0.29) is 5.96 Å². The van der Waals surface area contributed by atoms with Crippen LogP contribution in [0, 0.1) is 0 Å². The molecule has 0 radical (unpaired) electrons. The van der Waals surface area contributed by atoms with Gasteiger partial charge in [-0.3, -0.25) is 5.32 Å². The number of guanidine groups is 1. The predicted octanol–water partition coefficient (Wildman–Crippen LogP) is 3.27. The van der Waals surface area contributed by atoms with Crippen molar-refractivity contribution < 1.29 is 17.9 Å². The normalized spacial score (nSPS) is 26.1. The molecule has 10 heteroatoms. The standard InChI is InChI=1S/C15H22BrN3O4S2/c1-9-15(5,11-7-10(16)8-24-11)18-12(19(6)25(9,21)22)17-13(20)23-14(2,3)4/h7-9H,1-6H3,(H,17,18,20)/t9-,15-/m0/s1. The van der Waals surface area contributed by atoms with Crippen molar-refractivity contribution in [2.75, 3.05) is 7.05 Å². The molecule has 2 rings (SSSR count). The predicted molar refractivity (Wildman–Crippen MR) is 102 cm³/mol. The minimum atomic E-state index is -3.70. The molecule has 1 aromatic rings. The number of amides is 1. The van der Waals surface area contributed by atoms with Crippen molar-refractivity contribution in [3.63, 3.8) is 0 Å². The first kappa shape index (κ1) is 20.2. The van der Waals surface area contributed by atoms with E-state index in [0.29, 0.717) is 0 Å². The zero-order valence-corrected chi connectivity index (χ0v) is 18.2. The summed E-state index contributed by atoms with van der Waals surface area (Å²) in [5.74, 6) is -0.0561. The molecule has 2 heterocycles. The average Bonchev–Trinajstić information content (AvgIpc) is 2.88. The number of carbonyl (C=O) groups excluding carboxylic acids is 1. The Morgan fingerprint density at radius 2 is 2.08 bits per heavy atom. The van der Waals surface area contributed by atoms with E-state index in [9.17, 15) is 13.2 Å². The summed E-state index contributed by atoms with van der Waals surface area (Å²) >= 11 is 4.79. The minimum Gasteiger partial charge on any atom is -0.444 e. The van der Waals surface area contributed by atoms with Gasteiger partial charge in [-0.2, -0.15) is 0 Å². The van der Waals surface area contributed by atoms with E-state index in [4.69, 9.17) is 4.74 Å². The lowest BCUT2D eigenvalue weighted by Gasteiger charge is -2.39. The molecule has 0 bridgehead atoms. The second-order valence-corrected chi connectivity index (χ2v) is 11.1. The monoisotopic (exact) mass is 451 g/mol. The zero-order valence-electron chi connectivity index (χ0n) is 15.0. The van der Waals surface area contributed by atoms with Gasteiger partial charge in [0.05, 0.1) is 0 Å². The van der Waals surface area contributed by atoms with Crippen LogP contribution in [0.2, 0.25) is 0 Å². The van der Waals surface area contributed by atoms with E-state index < -0.39 is 32.5 Å². The molecule has 1 aromatic heterocycles. The van der Waals surface area contributed by atoms with Crippen LogP contribution in [0.5, 0.6) is 0 Å². The summed E-state index contributed by atoms with van der Waals surface area (Å²) in [4.78, 5) is 17.4. The number of halogens is 1. The molecule has 1 aliphatic heterocycles. The molecule has 0 fully saturated rings. The van der Waals surface area contributed by atoms with Crippen LogP contribution in [-0.4, -0.2) is 42.7 Å². The summed E-state index contributed by atoms with van der Waals surface area (Å²) in [6.07, 6.45) is -0.752. The van der Waals surface area contributed by atoms with Gasteiger partial charge in [0.1, 0.15) is 16.4 Å². The highest BCUT2D eigenvalue weighted by Gasteiger charge is 2.49. The number of alkyl carbamates (subject to hydrolysis) is 1. The van der Waals surface area contributed by atoms with Gasteiger partial charge in [0.2, 0.25) is 16.0 Å². The molecule has 1 amide bonds. The van der Waals surface area contributed by atoms with Crippen molar-refractivity contribution >= 4 is 49.3 Å². The van der Waals surface area contributed by atoms with Crippen molar-refractivity contribution in [2.24, 2.45) is 4.99 Å². The van der Waals surface area contributed by atoms with E-state index in [2.05, 4.69) is 26.2 Å². The Hall–Kier alpha value is -1.13. The Kier molecular flexibility index (Phi) is 5.29. The van der Waals surface area contributed by atoms with Crippen molar-refractivity contribution in [2.45, 2.75) is 51.0 Å². The second kappa shape index (κ2) is 6.55. The molecule has 0 unspecified atom stereocenters. The SMILES string of the molecule is C[C@H]1[C@@](C)(c2cc(Br)cs2)N=C(NC(=O)OC(C)(C)C)N(C)S1(=O)=O. The van der Waals surface area contributed by atoms with Crippen LogP contribution in [0.15, 0.2) is 20.9 Å². The first-order chi connectivity index (χ1) is 11.3. The molecule has 0 spiro atoms. The lowest BCUT2D eigenvalue weighted by molar-refractivity contribution is 0.0559. The summed E-state index contributed by atoms with van der Waals surface area (Å²) < 4.78 is 32.7. The third-order valence-electron chi connectivity index (χ3n) is 3.94. The van der Waals surface area contributed by atoms with Crippen LogP contribution in [0.25, 0.3) is 0 Å². The second-order valence-electron chi connectivity index (χ2n) is 6.99. The number of aliphatic imine (C=N–C) groups is 1.